The van der Waals surface area contributed by atoms with E-state index in [0.29, 0.717) is 30.9 Å². The van der Waals surface area contributed by atoms with Crippen LogP contribution in [0.15, 0.2) is 60.0 Å². The Bertz CT molecular complexity index is 1200. The first-order chi connectivity index (χ1) is 15.5. The Morgan fingerprint density at radius 1 is 1.09 bits per heavy atom. The van der Waals surface area contributed by atoms with E-state index < -0.39 is 0 Å². The van der Waals surface area contributed by atoms with E-state index in [0.717, 1.165) is 33.4 Å². The van der Waals surface area contributed by atoms with Crippen LogP contribution in [0.3, 0.4) is 0 Å². The van der Waals surface area contributed by atoms with E-state index in [4.69, 9.17) is 4.74 Å². The molecule has 3 heterocycles. The Morgan fingerprint density at radius 2 is 1.91 bits per heavy atom. The molecule has 0 aliphatic carbocycles. The molecular formula is C24H25N5O2S. The molecule has 4 aromatic rings. The summed E-state index contributed by atoms with van der Waals surface area (Å²) in [5.74, 6) is 0.614. The molecule has 1 N–H and O–H groups in total. The monoisotopic (exact) mass is 447 g/mol. The van der Waals surface area contributed by atoms with Gasteiger partial charge in [-0.05, 0) is 56.4 Å². The summed E-state index contributed by atoms with van der Waals surface area (Å²) in [6.45, 7) is 4.28. The van der Waals surface area contributed by atoms with E-state index in [-0.39, 0.29) is 5.91 Å². The van der Waals surface area contributed by atoms with Gasteiger partial charge in [0, 0.05) is 42.0 Å². The fourth-order valence-electron chi connectivity index (χ4n) is 3.50. The Hall–Kier alpha value is -3.39. The molecule has 0 unspecified atom stereocenters. The van der Waals surface area contributed by atoms with Gasteiger partial charge in [0.25, 0.3) is 0 Å². The third-order valence-corrected chi connectivity index (χ3v) is 5.65. The lowest BCUT2D eigenvalue weighted by molar-refractivity contribution is -0.116. The molecule has 1 amide bonds. The standard InChI is InChI=1S/C24H25N5O2S/c1-16-21(17(2)26-24(25-16)32-3)10-11-23(30)28-18-7-6-8-20(13-18)31-15-19-14-29-12-5-4-9-22(29)27-19/h4-9,12-14H,10-11,15H2,1-3H3,(H,28,30). The number of nitrogens with one attached hydrogen (secondary N) is 1. The minimum Gasteiger partial charge on any atom is -0.487 e. The molecule has 0 atom stereocenters. The zero-order valence-electron chi connectivity index (χ0n) is 18.3. The predicted molar refractivity (Wildman–Crippen MR) is 126 cm³/mol. The van der Waals surface area contributed by atoms with Crippen LogP contribution in [0.5, 0.6) is 5.75 Å². The van der Waals surface area contributed by atoms with Crippen molar-refractivity contribution in [3.8, 4) is 5.75 Å². The third-order valence-electron chi connectivity index (χ3n) is 5.10. The molecule has 1 aromatic carbocycles. The van der Waals surface area contributed by atoms with Gasteiger partial charge in [-0.15, -0.1) is 0 Å². The number of rotatable bonds is 8. The van der Waals surface area contributed by atoms with Gasteiger partial charge in [0.1, 0.15) is 18.0 Å². The van der Waals surface area contributed by atoms with E-state index in [1.54, 1.807) is 0 Å². The lowest BCUT2D eigenvalue weighted by atomic mass is 10.1. The summed E-state index contributed by atoms with van der Waals surface area (Å²) < 4.78 is 7.84. The van der Waals surface area contributed by atoms with Crippen molar-refractivity contribution >= 4 is 29.0 Å². The van der Waals surface area contributed by atoms with Gasteiger partial charge in [0.15, 0.2) is 5.16 Å². The van der Waals surface area contributed by atoms with Gasteiger partial charge in [-0.25, -0.2) is 15.0 Å². The van der Waals surface area contributed by atoms with Crippen molar-refractivity contribution in [3.63, 3.8) is 0 Å². The van der Waals surface area contributed by atoms with E-state index in [9.17, 15) is 4.79 Å². The van der Waals surface area contributed by atoms with Gasteiger partial charge < -0.3 is 14.5 Å². The van der Waals surface area contributed by atoms with Crippen LogP contribution < -0.4 is 10.1 Å². The van der Waals surface area contributed by atoms with Crippen molar-refractivity contribution < 1.29 is 9.53 Å². The molecule has 0 bridgehead atoms. The predicted octanol–water partition coefficient (Wildman–Crippen LogP) is 4.61. The molecule has 4 rings (SSSR count). The fraction of sp³-hybridized carbons (Fsp3) is 0.250. The maximum Gasteiger partial charge on any atom is 0.224 e. The van der Waals surface area contributed by atoms with E-state index >= 15 is 0 Å². The summed E-state index contributed by atoms with van der Waals surface area (Å²) in [7, 11) is 0. The van der Waals surface area contributed by atoms with Crippen molar-refractivity contribution in [2.24, 2.45) is 0 Å². The summed E-state index contributed by atoms with van der Waals surface area (Å²) in [4.78, 5) is 26.0. The number of benzene rings is 1. The topological polar surface area (TPSA) is 81.4 Å². The highest BCUT2D eigenvalue weighted by molar-refractivity contribution is 7.98. The van der Waals surface area contributed by atoms with Gasteiger partial charge in [-0.3, -0.25) is 4.79 Å². The molecule has 0 aliphatic heterocycles. The molecule has 0 fully saturated rings. The number of carbonyl (C=O) groups is 1. The van der Waals surface area contributed by atoms with Gasteiger partial charge in [-0.1, -0.05) is 23.9 Å². The minimum atomic E-state index is -0.0600. The second-order valence-corrected chi connectivity index (χ2v) is 8.20. The van der Waals surface area contributed by atoms with Crippen LogP contribution in [0, 0.1) is 13.8 Å². The summed E-state index contributed by atoms with van der Waals surface area (Å²) in [6, 6.07) is 13.3. The molecule has 0 saturated carbocycles. The molecule has 0 radical (unpaired) electrons. The number of anilines is 1. The van der Waals surface area contributed by atoms with Crippen molar-refractivity contribution in [2.45, 2.75) is 38.5 Å². The Balaban J connectivity index is 1.33. The number of nitrogens with zero attached hydrogens (tertiary/aromatic N) is 4. The number of ether oxygens (including phenoxy) is 1. The molecule has 0 saturated heterocycles. The highest BCUT2D eigenvalue weighted by atomic mass is 32.2. The summed E-state index contributed by atoms with van der Waals surface area (Å²) in [5, 5.41) is 3.71. The molecule has 8 heteroatoms. The summed E-state index contributed by atoms with van der Waals surface area (Å²) in [6.07, 6.45) is 6.81. The average Bonchev–Trinajstić information content (AvgIpc) is 3.20. The smallest absolute Gasteiger partial charge is 0.224 e. The molecule has 3 aromatic heterocycles. The van der Waals surface area contributed by atoms with Gasteiger partial charge in [0.05, 0.1) is 5.69 Å². The number of aryl methyl sites for hydroxylation is 2. The highest BCUT2D eigenvalue weighted by Gasteiger charge is 2.11. The Kier molecular flexibility index (Phi) is 6.70. The first-order valence-corrected chi connectivity index (χ1v) is 11.6. The first-order valence-electron chi connectivity index (χ1n) is 10.4. The van der Waals surface area contributed by atoms with Crippen LogP contribution in [0.1, 0.15) is 29.1 Å². The van der Waals surface area contributed by atoms with E-state index in [1.165, 1.54) is 11.8 Å². The second-order valence-electron chi connectivity index (χ2n) is 7.42. The number of fused-ring (bicyclic) bond motifs is 1. The Labute approximate surface area is 191 Å². The highest BCUT2D eigenvalue weighted by Crippen LogP contribution is 2.20. The molecular weight excluding hydrogens is 422 g/mol. The number of carbonyl (C=O) groups excluding carboxylic acids is 1. The lowest BCUT2D eigenvalue weighted by Gasteiger charge is -2.11. The van der Waals surface area contributed by atoms with Crippen LogP contribution in [-0.2, 0) is 17.8 Å². The molecule has 7 nitrogen and oxygen atoms in total. The molecule has 32 heavy (non-hydrogen) atoms. The lowest BCUT2D eigenvalue weighted by Crippen LogP contribution is -2.14. The minimum absolute atomic E-state index is 0.0600. The molecule has 0 spiro atoms. The van der Waals surface area contributed by atoms with Crippen LogP contribution in [-0.4, -0.2) is 31.5 Å². The fourth-order valence-corrected chi connectivity index (χ4v) is 3.96. The van der Waals surface area contributed by atoms with Gasteiger partial charge >= 0.3 is 0 Å². The van der Waals surface area contributed by atoms with Crippen molar-refractivity contribution in [2.75, 3.05) is 11.6 Å². The zero-order chi connectivity index (χ0) is 22.5. The van der Waals surface area contributed by atoms with Crippen LogP contribution >= 0.6 is 11.8 Å². The Morgan fingerprint density at radius 3 is 2.66 bits per heavy atom. The normalized spacial score (nSPS) is 11.0. The van der Waals surface area contributed by atoms with E-state index in [2.05, 4.69) is 20.3 Å². The number of thioether (sulfide) groups is 1. The number of hydrogen-bond acceptors (Lipinski definition) is 6. The van der Waals surface area contributed by atoms with Crippen molar-refractivity contribution in [3.05, 3.63) is 77.5 Å². The summed E-state index contributed by atoms with van der Waals surface area (Å²) >= 11 is 1.52. The second kappa shape index (κ2) is 9.82. The van der Waals surface area contributed by atoms with Gasteiger partial charge in [0.2, 0.25) is 5.91 Å². The largest absolute Gasteiger partial charge is 0.487 e. The molecule has 164 valence electrons. The van der Waals surface area contributed by atoms with Crippen molar-refractivity contribution in [1.82, 2.24) is 19.4 Å². The zero-order valence-corrected chi connectivity index (χ0v) is 19.1. The number of imidazole rings is 1. The summed E-state index contributed by atoms with van der Waals surface area (Å²) in [5.41, 5.74) is 5.30. The maximum absolute atomic E-state index is 12.5. The van der Waals surface area contributed by atoms with Crippen molar-refractivity contribution in [1.29, 1.82) is 0 Å². The molecule has 0 aliphatic rings. The number of aromatic nitrogens is 4. The van der Waals surface area contributed by atoms with Gasteiger partial charge in [-0.2, -0.15) is 0 Å². The number of hydrogen-bond donors (Lipinski definition) is 1. The number of amides is 1. The maximum atomic E-state index is 12.5. The average molecular weight is 448 g/mol. The van der Waals surface area contributed by atoms with Crippen LogP contribution in [0.2, 0.25) is 0 Å². The van der Waals surface area contributed by atoms with E-state index in [1.807, 2.05) is 79.4 Å². The SMILES string of the molecule is CSc1nc(C)c(CCC(=O)Nc2cccc(OCc3cn4ccccc4n3)c2)c(C)n1. The first kappa shape index (κ1) is 21.8. The number of pyridine rings is 1. The quantitative estimate of drug-likeness (QED) is 0.314. The van der Waals surface area contributed by atoms with Crippen LogP contribution in [0.4, 0.5) is 5.69 Å². The third kappa shape index (κ3) is 5.26. The van der Waals surface area contributed by atoms with Crippen LogP contribution in [0.25, 0.3) is 5.65 Å².